The first-order valence-electron chi connectivity index (χ1n) is 5.93. The smallest absolute Gasteiger partial charge is 0.126 e. The van der Waals surface area contributed by atoms with Crippen LogP contribution in [-0.4, -0.2) is 14.9 Å². The fraction of sp³-hybridized carbons (Fsp3) is 0.462. The van der Waals surface area contributed by atoms with E-state index < -0.39 is 6.10 Å². The molecular formula is C13H17ClN2O2. The van der Waals surface area contributed by atoms with Crippen molar-refractivity contribution in [3.05, 3.63) is 39.6 Å². The molecule has 2 aromatic rings. The molecule has 0 aliphatic rings. The van der Waals surface area contributed by atoms with Gasteiger partial charge in [0.25, 0.3) is 0 Å². The summed E-state index contributed by atoms with van der Waals surface area (Å²) in [5, 5.41) is 15.2. The van der Waals surface area contributed by atoms with E-state index in [4.69, 9.17) is 16.0 Å². The van der Waals surface area contributed by atoms with Crippen molar-refractivity contribution in [1.82, 2.24) is 9.78 Å². The van der Waals surface area contributed by atoms with Crippen LogP contribution in [0.5, 0.6) is 0 Å². The minimum absolute atomic E-state index is 0.474. The molecule has 0 aromatic carbocycles. The monoisotopic (exact) mass is 268 g/mol. The van der Waals surface area contributed by atoms with Crippen LogP contribution >= 0.6 is 11.6 Å². The molecule has 0 radical (unpaired) electrons. The molecule has 0 fully saturated rings. The summed E-state index contributed by atoms with van der Waals surface area (Å²) in [4.78, 5) is 0. The van der Waals surface area contributed by atoms with Gasteiger partial charge in [-0.25, -0.2) is 0 Å². The van der Waals surface area contributed by atoms with E-state index in [1.54, 1.807) is 10.9 Å². The highest BCUT2D eigenvalue weighted by Crippen LogP contribution is 2.34. The lowest BCUT2D eigenvalue weighted by atomic mass is 10.0. The number of hydrogen-bond acceptors (Lipinski definition) is 3. The molecule has 2 rings (SSSR count). The Hall–Kier alpha value is -1.26. The van der Waals surface area contributed by atoms with Gasteiger partial charge in [-0.3, -0.25) is 4.68 Å². The van der Waals surface area contributed by atoms with Gasteiger partial charge in [0.05, 0.1) is 16.9 Å². The van der Waals surface area contributed by atoms with Crippen molar-refractivity contribution in [3.8, 4) is 0 Å². The molecule has 0 saturated heterocycles. The first-order chi connectivity index (χ1) is 8.47. The second-order valence-corrected chi connectivity index (χ2v) is 4.76. The fourth-order valence-electron chi connectivity index (χ4n) is 2.24. The van der Waals surface area contributed by atoms with Crippen LogP contribution in [0.2, 0.25) is 5.02 Å². The lowest BCUT2D eigenvalue weighted by molar-refractivity contribution is 0.205. The molecule has 2 aromatic heterocycles. The second-order valence-electron chi connectivity index (χ2n) is 4.35. The Kier molecular flexibility index (Phi) is 3.50. The summed E-state index contributed by atoms with van der Waals surface area (Å²) in [7, 11) is 0. The van der Waals surface area contributed by atoms with Crippen molar-refractivity contribution >= 4 is 11.6 Å². The van der Waals surface area contributed by atoms with Crippen LogP contribution in [0, 0.1) is 20.8 Å². The highest BCUT2D eigenvalue weighted by molar-refractivity contribution is 6.31. The molecule has 18 heavy (non-hydrogen) atoms. The van der Waals surface area contributed by atoms with Gasteiger partial charge in [-0.2, -0.15) is 5.10 Å². The van der Waals surface area contributed by atoms with Crippen LogP contribution < -0.4 is 0 Å². The minimum atomic E-state index is -0.808. The highest BCUT2D eigenvalue weighted by Gasteiger charge is 2.25. The number of hydrogen-bond donors (Lipinski definition) is 1. The van der Waals surface area contributed by atoms with Crippen LogP contribution in [0.4, 0.5) is 0 Å². The number of rotatable bonds is 3. The van der Waals surface area contributed by atoms with Gasteiger partial charge in [0.2, 0.25) is 0 Å². The SMILES string of the molecule is CCn1ncc(Cl)c1C(O)c1c(C)oc(C)c1C. The van der Waals surface area contributed by atoms with E-state index in [9.17, 15) is 5.11 Å². The molecular weight excluding hydrogens is 252 g/mol. The predicted molar refractivity (Wildman–Crippen MR) is 69.9 cm³/mol. The van der Waals surface area contributed by atoms with Gasteiger partial charge in [0.15, 0.2) is 0 Å². The molecule has 1 unspecified atom stereocenters. The van der Waals surface area contributed by atoms with E-state index >= 15 is 0 Å². The largest absolute Gasteiger partial charge is 0.466 e. The van der Waals surface area contributed by atoms with Crippen molar-refractivity contribution in [2.24, 2.45) is 0 Å². The Morgan fingerprint density at radius 1 is 1.39 bits per heavy atom. The number of aliphatic hydroxyl groups excluding tert-OH is 1. The van der Waals surface area contributed by atoms with Gasteiger partial charge < -0.3 is 9.52 Å². The van der Waals surface area contributed by atoms with Crippen LogP contribution in [0.3, 0.4) is 0 Å². The normalized spacial score (nSPS) is 13.0. The van der Waals surface area contributed by atoms with E-state index in [1.165, 1.54) is 0 Å². The first-order valence-corrected chi connectivity index (χ1v) is 6.30. The van der Waals surface area contributed by atoms with Gasteiger partial charge in [-0.1, -0.05) is 11.6 Å². The summed E-state index contributed by atoms with van der Waals surface area (Å²) in [5.41, 5.74) is 2.36. The summed E-state index contributed by atoms with van der Waals surface area (Å²) in [6, 6.07) is 0. The number of halogens is 1. The molecule has 0 amide bonds. The Labute approximate surface area is 111 Å². The van der Waals surface area contributed by atoms with Gasteiger partial charge in [0, 0.05) is 12.1 Å². The third kappa shape index (κ3) is 1.95. The molecule has 0 aliphatic carbocycles. The second kappa shape index (κ2) is 4.78. The molecule has 0 spiro atoms. The maximum absolute atomic E-state index is 10.5. The Balaban J connectivity index is 2.54. The third-order valence-electron chi connectivity index (χ3n) is 3.28. The number of aliphatic hydroxyl groups is 1. The van der Waals surface area contributed by atoms with E-state index in [0.29, 0.717) is 17.3 Å². The first kappa shape index (κ1) is 13.2. The van der Waals surface area contributed by atoms with E-state index in [-0.39, 0.29) is 0 Å². The lowest BCUT2D eigenvalue weighted by Crippen LogP contribution is -2.10. The van der Waals surface area contributed by atoms with Gasteiger partial charge >= 0.3 is 0 Å². The van der Waals surface area contributed by atoms with E-state index in [2.05, 4.69) is 5.10 Å². The van der Waals surface area contributed by atoms with Gasteiger partial charge in [-0.15, -0.1) is 0 Å². The molecule has 5 heteroatoms. The number of aryl methyl sites for hydroxylation is 3. The van der Waals surface area contributed by atoms with Crippen molar-refractivity contribution in [3.63, 3.8) is 0 Å². The zero-order chi connectivity index (χ0) is 13.4. The summed E-state index contributed by atoms with van der Waals surface area (Å²) < 4.78 is 7.25. The molecule has 2 heterocycles. The zero-order valence-corrected chi connectivity index (χ0v) is 11.7. The molecule has 1 N–H and O–H groups in total. The van der Waals surface area contributed by atoms with Gasteiger partial charge in [-0.05, 0) is 33.3 Å². The summed E-state index contributed by atoms with van der Waals surface area (Å²) in [5.74, 6) is 1.54. The van der Waals surface area contributed by atoms with E-state index in [1.807, 2.05) is 27.7 Å². The van der Waals surface area contributed by atoms with Crippen LogP contribution in [0.25, 0.3) is 0 Å². The van der Waals surface area contributed by atoms with Crippen molar-refractivity contribution in [1.29, 1.82) is 0 Å². The lowest BCUT2D eigenvalue weighted by Gasteiger charge is -2.13. The third-order valence-corrected chi connectivity index (χ3v) is 3.57. The minimum Gasteiger partial charge on any atom is -0.466 e. The van der Waals surface area contributed by atoms with Crippen LogP contribution in [0.15, 0.2) is 10.6 Å². The Bertz CT molecular complexity index is 572. The standard InChI is InChI=1S/C13H17ClN2O2/c1-5-16-12(10(14)6-15-16)13(17)11-7(2)8(3)18-9(11)4/h6,13,17H,5H2,1-4H3. The Morgan fingerprint density at radius 3 is 2.56 bits per heavy atom. The van der Waals surface area contributed by atoms with Crippen molar-refractivity contribution in [2.75, 3.05) is 0 Å². The number of nitrogens with zero attached hydrogens (tertiary/aromatic N) is 2. The van der Waals surface area contributed by atoms with Crippen molar-refractivity contribution in [2.45, 2.75) is 40.3 Å². The molecule has 0 aliphatic heterocycles. The fourth-order valence-corrected chi connectivity index (χ4v) is 2.49. The maximum atomic E-state index is 10.5. The van der Waals surface area contributed by atoms with E-state index in [0.717, 1.165) is 22.6 Å². The van der Waals surface area contributed by atoms with Crippen LogP contribution in [0.1, 0.15) is 41.4 Å². The molecule has 0 bridgehead atoms. The number of furan rings is 1. The maximum Gasteiger partial charge on any atom is 0.126 e. The molecule has 4 nitrogen and oxygen atoms in total. The Morgan fingerprint density at radius 2 is 2.06 bits per heavy atom. The highest BCUT2D eigenvalue weighted by atomic mass is 35.5. The average molecular weight is 269 g/mol. The zero-order valence-electron chi connectivity index (χ0n) is 11.0. The number of aromatic nitrogens is 2. The summed E-state index contributed by atoms with van der Waals surface area (Å²) >= 11 is 6.11. The average Bonchev–Trinajstić information content (AvgIpc) is 2.80. The molecule has 98 valence electrons. The molecule has 1 atom stereocenters. The summed E-state index contributed by atoms with van der Waals surface area (Å²) in [6.45, 7) is 8.29. The topological polar surface area (TPSA) is 51.2 Å². The van der Waals surface area contributed by atoms with Gasteiger partial charge in [0.1, 0.15) is 17.6 Å². The quantitative estimate of drug-likeness (QED) is 0.930. The predicted octanol–water partition coefficient (Wildman–Crippen LogP) is 3.16. The van der Waals surface area contributed by atoms with Crippen LogP contribution in [-0.2, 0) is 6.54 Å². The molecule has 0 saturated carbocycles. The summed E-state index contributed by atoms with van der Waals surface area (Å²) in [6.07, 6.45) is 0.749. The van der Waals surface area contributed by atoms with Crippen molar-refractivity contribution < 1.29 is 9.52 Å².